The normalized spacial score (nSPS) is 13.1. The summed E-state index contributed by atoms with van der Waals surface area (Å²) in [6.07, 6.45) is 0. The first-order valence-electron chi connectivity index (χ1n) is 9.96. The molecule has 3 aromatic carbocycles. The number of nitrogens with zero attached hydrogens (tertiary/aromatic N) is 1. The van der Waals surface area contributed by atoms with Crippen molar-refractivity contribution in [2.45, 2.75) is 13.1 Å². The van der Waals surface area contributed by atoms with Gasteiger partial charge in [-0.15, -0.1) is 0 Å². The van der Waals surface area contributed by atoms with Crippen LogP contribution in [0.1, 0.15) is 21.5 Å². The minimum atomic E-state index is -0.465. The molecule has 7 nitrogen and oxygen atoms in total. The third kappa shape index (κ3) is 4.92. The fraction of sp³-hybridized carbons (Fsp3) is 0.125. The lowest BCUT2D eigenvalue weighted by Gasteiger charge is -2.15. The van der Waals surface area contributed by atoms with Gasteiger partial charge in [-0.1, -0.05) is 30.3 Å². The highest BCUT2D eigenvalue weighted by Gasteiger charge is 2.29. The van der Waals surface area contributed by atoms with E-state index >= 15 is 0 Å². The molecule has 3 aromatic rings. The number of halogens is 1. The molecule has 8 heteroatoms. The van der Waals surface area contributed by atoms with E-state index in [4.69, 9.17) is 4.74 Å². The number of urea groups is 1. The van der Waals surface area contributed by atoms with Gasteiger partial charge >= 0.3 is 6.03 Å². The van der Waals surface area contributed by atoms with Crippen molar-refractivity contribution in [3.63, 3.8) is 0 Å². The van der Waals surface area contributed by atoms with E-state index in [2.05, 4.69) is 10.6 Å². The Bertz CT molecular complexity index is 1130. The molecule has 0 radical (unpaired) electrons. The molecule has 0 aromatic heterocycles. The van der Waals surface area contributed by atoms with E-state index in [-0.39, 0.29) is 37.3 Å². The van der Waals surface area contributed by atoms with Crippen LogP contribution in [0.15, 0.2) is 72.8 Å². The first-order valence-corrected chi connectivity index (χ1v) is 9.96. The molecule has 4 amide bonds. The smallest absolute Gasteiger partial charge is 0.324 e. The Labute approximate surface area is 183 Å². The maximum absolute atomic E-state index is 13.0. The second-order valence-corrected chi connectivity index (χ2v) is 7.18. The van der Waals surface area contributed by atoms with Crippen LogP contribution in [0.3, 0.4) is 0 Å². The SMILES string of the molecule is O=C(NCc1ccc(Oc2ccc(F)cc2)cc1)c1ccccc1CN1C(=O)CNC1=O. The molecule has 1 aliphatic heterocycles. The van der Waals surface area contributed by atoms with Crippen molar-refractivity contribution in [2.75, 3.05) is 6.54 Å². The predicted molar refractivity (Wildman–Crippen MR) is 114 cm³/mol. The van der Waals surface area contributed by atoms with Crippen LogP contribution in [-0.2, 0) is 17.9 Å². The minimum absolute atomic E-state index is 0.0314. The molecule has 1 saturated heterocycles. The molecule has 1 heterocycles. The molecule has 1 fully saturated rings. The van der Waals surface area contributed by atoms with Gasteiger partial charge in [0.2, 0.25) is 5.91 Å². The number of rotatable bonds is 7. The van der Waals surface area contributed by atoms with Gasteiger partial charge in [-0.05, 0) is 53.6 Å². The Morgan fingerprint density at radius 2 is 1.62 bits per heavy atom. The quantitative estimate of drug-likeness (QED) is 0.558. The molecule has 0 spiro atoms. The molecule has 0 saturated carbocycles. The fourth-order valence-corrected chi connectivity index (χ4v) is 3.26. The minimum Gasteiger partial charge on any atom is -0.457 e. The Morgan fingerprint density at radius 3 is 2.28 bits per heavy atom. The van der Waals surface area contributed by atoms with Crippen molar-refractivity contribution in [1.82, 2.24) is 15.5 Å². The van der Waals surface area contributed by atoms with Gasteiger partial charge in [-0.25, -0.2) is 9.18 Å². The van der Waals surface area contributed by atoms with E-state index in [0.717, 1.165) is 10.5 Å². The monoisotopic (exact) mass is 433 g/mol. The van der Waals surface area contributed by atoms with Crippen molar-refractivity contribution in [3.05, 3.63) is 95.3 Å². The van der Waals surface area contributed by atoms with Gasteiger partial charge in [-0.2, -0.15) is 0 Å². The van der Waals surface area contributed by atoms with Gasteiger partial charge in [0.05, 0.1) is 13.1 Å². The Hall–Kier alpha value is -4.20. The summed E-state index contributed by atoms with van der Waals surface area (Å²) < 4.78 is 18.6. The fourth-order valence-electron chi connectivity index (χ4n) is 3.26. The first-order chi connectivity index (χ1) is 15.5. The largest absolute Gasteiger partial charge is 0.457 e. The number of nitrogens with one attached hydrogen (secondary N) is 2. The third-order valence-electron chi connectivity index (χ3n) is 4.95. The predicted octanol–water partition coefficient (Wildman–Crippen LogP) is 3.60. The lowest BCUT2D eigenvalue weighted by Crippen LogP contribution is -2.32. The molecular formula is C24H20FN3O4. The van der Waals surface area contributed by atoms with Gasteiger partial charge in [0.1, 0.15) is 17.3 Å². The van der Waals surface area contributed by atoms with Crippen LogP contribution < -0.4 is 15.4 Å². The molecule has 2 N–H and O–H groups in total. The number of hydrogen-bond acceptors (Lipinski definition) is 4. The van der Waals surface area contributed by atoms with Crippen molar-refractivity contribution in [1.29, 1.82) is 0 Å². The number of amides is 4. The third-order valence-corrected chi connectivity index (χ3v) is 4.95. The maximum Gasteiger partial charge on any atom is 0.324 e. The van der Waals surface area contributed by atoms with Gasteiger partial charge in [0, 0.05) is 12.1 Å². The van der Waals surface area contributed by atoms with Crippen molar-refractivity contribution >= 4 is 17.8 Å². The van der Waals surface area contributed by atoms with Crippen LogP contribution in [0, 0.1) is 5.82 Å². The second-order valence-electron chi connectivity index (χ2n) is 7.18. The zero-order valence-corrected chi connectivity index (χ0v) is 17.0. The highest BCUT2D eigenvalue weighted by molar-refractivity contribution is 6.02. The van der Waals surface area contributed by atoms with Gasteiger partial charge in [-0.3, -0.25) is 14.5 Å². The number of carbonyl (C=O) groups excluding carboxylic acids is 3. The van der Waals surface area contributed by atoms with E-state index in [1.165, 1.54) is 12.1 Å². The Kier molecular flexibility index (Phi) is 6.12. The zero-order valence-electron chi connectivity index (χ0n) is 17.0. The molecule has 0 unspecified atom stereocenters. The average molecular weight is 433 g/mol. The van der Waals surface area contributed by atoms with E-state index in [9.17, 15) is 18.8 Å². The average Bonchev–Trinajstić information content (AvgIpc) is 3.12. The number of carbonyl (C=O) groups is 3. The molecule has 0 aliphatic carbocycles. The summed E-state index contributed by atoms with van der Waals surface area (Å²) in [5.74, 6) is 0.146. The lowest BCUT2D eigenvalue weighted by molar-refractivity contribution is -0.125. The van der Waals surface area contributed by atoms with Crippen LogP contribution in [-0.4, -0.2) is 29.3 Å². The molecule has 4 rings (SSSR count). The molecule has 0 atom stereocenters. The molecule has 162 valence electrons. The molecule has 0 bridgehead atoms. The van der Waals surface area contributed by atoms with Crippen molar-refractivity contribution in [2.24, 2.45) is 0 Å². The van der Waals surface area contributed by atoms with Crippen LogP contribution in [0.4, 0.5) is 9.18 Å². The summed E-state index contributed by atoms with van der Waals surface area (Å²) in [5, 5.41) is 5.32. The van der Waals surface area contributed by atoms with Crippen molar-refractivity contribution < 1.29 is 23.5 Å². The topological polar surface area (TPSA) is 87.7 Å². The summed E-state index contributed by atoms with van der Waals surface area (Å²) in [4.78, 5) is 37.5. The molecule has 32 heavy (non-hydrogen) atoms. The maximum atomic E-state index is 13.0. The summed E-state index contributed by atoms with van der Waals surface area (Å²) in [6.45, 7) is 0.283. The summed E-state index contributed by atoms with van der Waals surface area (Å²) in [7, 11) is 0. The highest BCUT2D eigenvalue weighted by Crippen LogP contribution is 2.22. The van der Waals surface area contributed by atoms with Crippen LogP contribution >= 0.6 is 0 Å². The number of ether oxygens (including phenoxy) is 1. The number of hydrogen-bond donors (Lipinski definition) is 2. The van der Waals surface area contributed by atoms with Crippen molar-refractivity contribution in [3.8, 4) is 11.5 Å². The zero-order chi connectivity index (χ0) is 22.5. The summed E-state index contributed by atoms with van der Waals surface area (Å²) >= 11 is 0. The van der Waals surface area contributed by atoms with Gasteiger partial charge in [0.15, 0.2) is 0 Å². The standard InChI is InChI=1S/C24H20FN3O4/c25-18-7-11-20(12-8-18)32-19-9-5-16(6-10-19)13-26-23(30)21-4-2-1-3-17(21)15-28-22(29)14-27-24(28)31/h1-12H,13-15H2,(H,26,30)(H,27,31). The van der Waals surface area contributed by atoms with E-state index in [1.54, 1.807) is 48.5 Å². The number of benzene rings is 3. The summed E-state index contributed by atoms with van der Waals surface area (Å²) in [5.41, 5.74) is 1.84. The highest BCUT2D eigenvalue weighted by atomic mass is 19.1. The van der Waals surface area contributed by atoms with E-state index in [1.807, 2.05) is 12.1 Å². The van der Waals surface area contributed by atoms with Crippen LogP contribution in [0.5, 0.6) is 11.5 Å². The number of imide groups is 1. The molecule has 1 aliphatic rings. The first kappa shape index (κ1) is 21.0. The van der Waals surface area contributed by atoms with E-state index in [0.29, 0.717) is 22.6 Å². The Morgan fingerprint density at radius 1 is 0.969 bits per heavy atom. The molecular weight excluding hydrogens is 413 g/mol. The summed E-state index contributed by atoms with van der Waals surface area (Å²) in [6, 6.07) is 19.3. The lowest BCUT2D eigenvalue weighted by atomic mass is 10.1. The van der Waals surface area contributed by atoms with Gasteiger partial charge in [0.25, 0.3) is 5.91 Å². The second kappa shape index (κ2) is 9.30. The Balaban J connectivity index is 1.37. The van der Waals surface area contributed by atoms with Crippen LogP contribution in [0.25, 0.3) is 0 Å². The van der Waals surface area contributed by atoms with Crippen LogP contribution in [0.2, 0.25) is 0 Å². The van der Waals surface area contributed by atoms with Gasteiger partial charge < -0.3 is 15.4 Å². The van der Waals surface area contributed by atoms with E-state index < -0.39 is 6.03 Å².